The van der Waals surface area contributed by atoms with Gasteiger partial charge in [0, 0.05) is 17.8 Å². The van der Waals surface area contributed by atoms with Gasteiger partial charge < -0.3 is 5.32 Å². The van der Waals surface area contributed by atoms with E-state index < -0.39 is 10.0 Å². The summed E-state index contributed by atoms with van der Waals surface area (Å²) in [6.45, 7) is 4.94. The van der Waals surface area contributed by atoms with Gasteiger partial charge in [-0.25, -0.2) is 8.42 Å². The molecule has 2 aromatic carbocycles. The number of aryl methyl sites for hydroxylation is 1. The highest BCUT2D eigenvalue weighted by Crippen LogP contribution is 2.15. The van der Waals surface area contributed by atoms with E-state index in [1.165, 1.54) is 11.1 Å². The number of carbonyl (C=O) groups excluding carboxylic acids is 1. The van der Waals surface area contributed by atoms with Crippen molar-refractivity contribution < 1.29 is 13.2 Å². The first-order valence-electron chi connectivity index (χ1n) is 8.69. The van der Waals surface area contributed by atoms with Crippen LogP contribution in [0.2, 0.25) is 0 Å². The lowest BCUT2D eigenvalue weighted by molar-refractivity contribution is 0.0953. The second kappa shape index (κ2) is 8.85. The number of benzene rings is 2. The molecule has 0 aliphatic rings. The number of rotatable bonds is 8. The molecule has 0 radical (unpaired) electrons. The van der Waals surface area contributed by atoms with Gasteiger partial charge in [0.15, 0.2) is 0 Å². The van der Waals surface area contributed by atoms with Gasteiger partial charge in [0.1, 0.15) is 0 Å². The van der Waals surface area contributed by atoms with Gasteiger partial charge >= 0.3 is 0 Å². The second-order valence-electron chi connectivity index (χ2n) is 6.71. The van der Waals surface area contributed by atoms with Crippen LogP contribution in [0.15, 0.2) is 48.5 Å². The van der Waals surface area contributed by atoms with Gasteiger partial charge in [-0.05, 0) is 54.2 Å². The van der Waals surface area contributed by atoms with Crippen LogP contribution in [0.1, 0.15) is 47.7 Å². The summed E-state index contributed by atoms with van der Waals surface area (Å²) in [5.74, 6) is 0.369. The summed E-state index contributed by atoms with van der Waals surface area (Å²) in [4.78, 5) is 12.1. The monoisotopic (exact) mass is 374 g/mol. The lowest BCUT2D eigenvalue weighted by atomic mass is 10.0. The van der Waals surface area contributed by atoms with Crippen LogP contribution in [0.25, 0.3) is 0 Å². The Morgan fingerprint density at radius 2 is 1.62 bits per heavy atom. The summed E-state index contributed by atoms with van der Waals surface area (Å²) in [6.07, 6.45) is 2.86. The average molecular weight is 375 g/mol. The summed E-state index contributed by atoms with van der Waals surface area (Å²) in [5.41, 5.74) is 3.54. The van der Waals surface area contributed by atoms with Gasteiger partial charge in [0.05, 0.1) is 6.26 Å². The predicted octanol–water partition coefficient (Wildman–Crippen LogP) is 3.54. The van der Waals surface area contributed by atoms with Gasteiger partial charge in [-0.3, -0.25) is 9.52 Å². The molecule has 0 fully saturated rings. The Morgan fingerprint density at radius 1 is 1.00 bits per heavy atom. The van der Waals surface area contributed by atoms with E-state index in [1.54, 1.807) is 24.3 Å². The Labute approximate surface area is 155 Å². The van der Waals surface area contributed by atoms with Crippen LogP contribution >= 0.6 is 0 Å². The van der Waals surface area contributed by atoms with Crippen molar-refractivity contribution in [3.05, 3.63) is 65.2 Å². The maximum Gasteiger partial charge on any atom is 0.251 e. The quantitative estimate of drug-likeness (QED) is 0.694. The highest BCUT2D eigenvalue weighted by molar-refractivity contribution is 7.92. The molecule has 26 heavy (non-hydrogen) atoms. The third-order valence-electron chi connectivity index (χ3n) is 4.02. The molecule has 140 valence electrons. The third kappa shape index (κ3) is 6.52. The van der Waals surface area contributed by atoms with E-state index in [0.717, 1.165) is 19.1 Å². The van der Waals surface area contributed by atoms with Gasteiger partial charge in [0.2, 0.25) is 10.0 Å². The van der Waals surface area contributed by atoms with Crippen LogP contribution in [0, 0.1) is 0 Å². The first-order chi connectivity index (χ1) is 12.2. The lowest BCUT2D eigenvalue weighted by Gasteiger charge is -2.08. The molecule has 1 amide bonds. The fraction of sp³-hybridized carbons (Fsp3) is 0.350. The van der Waals surface area contributed by atoms with E-state index in [1.807, 2.05) is 0 Å². The molecule has 0 aliphatic carbocycles. The van der Waals surface area contributed by atoms with Crippen LogP contribution in [-0.4, -0.2) is 27.1 Å². The summed E-state index contributed by atoms with van der Waals surface area (Å²) >= 11 is 0. The van der Waals surface area contributed by atoms with E-state index in [-0.39, 0.29) is 5.91 Å². The molecule has 2 rings (SSSR count). The standard InChI is InChI=1S/C20H26N2O3S/c1-15(2)17-8-6-16(7-9-17)5-4-14-21-20(23)18-10-12-19(13-11-18)22-26(3,24)25/h6-13,15,22H,4-5,14H2,1-3H3,(H,21,23). The van der Waals surface area contributed by atoms with Crippen LogP contribution in [0.4, 0.5) is 5.69 Å². The van der Waals surface area contributed by atoms with E-state index in [0.29, 0.717) is 23.7 Å². The van der Waals surface area contributed by atoms with Crippen molar-refractivity contribution in [2.75, 3.05) is 17.5 Å². The molecular formula is C20H26N2O3S. The number of sulfonamides is 1. The lowest BCUT2D eigenvalue weighted by Crippen LogP contribution is -2.24. The Kier molecular flexibility index (Phi) is 6.80. The van der Waals surface area contributed by atoms with Crippen molar-refractivity contribution >= 4 is 21.6 Å². The summed E-state index contributed by atoms with van der Waals surface area (Å²) in [5, 5.41) is 2.89. The van der Waals surface area contributed by atoms with Crippen LogP contribution in [0.5, 0.6) is 0 Å². The molecule has 0 heterocycles. The summed E-state index contributed by atoms with van der Waals surface area (Å²) in [7, 11) is -3.31. The molecule has 0 aliphatic heterocycles. The Bertz CT molecular complexity index is 826. The highest BCUT2D eigenvalue weighted by atomic mass is 32.2. The van der Waals surface area contributed by atoms with E-state index in [4.69, 9.17) is 0 Å². The maximum atomic E-state index is 12.1. The fourth-order valence-electron chi connectivity index (χ4n) is 2.57. The molecule has 0 unspecified atom stereocenters. The topological polar surface area (TPSA) is 75.3 Å². The van der Waals surface area contributed by atoms with Crippen LogP contribution < -0.4 is 10.0 Å². The van der Waals surface area contributed by atoms with Crippen molar-refractivity contribution in [3.8, 4) is 0 Å². The van der Waals surface area contributed by atoms with Crippen molar-refractivity contribution in [1.82, 2.24) is 5.32 Å². The van der Waals surface area contributed by atoms with E-state index in [9.17, 15) is 13.2 Å². The molecule has 5 nitrogen and oxygen atoms in total. The molecule has 0 bridgehead atoms. The first-order valence-corrected chi connectivity index (χ1v) is 10.6. The molecule has 2 N–H and O–H groups in total. The van der Waals surface area contributed by atoms with Crippen molar-refractivity contribution in [1.29, 1.82) is 0 Å². The molecule has 0 saturated carbocycles. The minimum absolute atomic E-state index is 0.161. The van der Waals surface area contributed by atoms with Crippen molar-refractivity contribution in [2.45, 2.75) is 32.6 Å². The zero-order valence-electron chi connectivity index (χ0n) is 15.5. The van der Waals surface area contributed by atoms with Gasteiger partial charge in [-0.2, -0.15) is 0 Å². The van der Waals surface area contributed by atoms with E-state index in [2.05, 4.69) is 48.2 Å². The van der Waals surface area contributed by atoms with Crippen LogP contribution in [-0.2, 0) is 16.4 Å². The predicted molar refractivity (Wildman–Crippen MR) is 106 cm³/mol. The Balaban J connectivity index is 1.78. The Hall–Kier alpha value is -2.34. The molecule has 0 spiro atoms. The minimum atomic E-state index is -3.31. The highest BCUT2D eigenvalue weighted by Gasteiger charge is 2.07. The molecule has 6 heteroatoms. The summed E-state index contributed by atoms with van der Waals surface area (Å²) in [6, 6.07) is 15.0. The van der Waals surface area contributed by atoms with Crippen molar-refractivity contribution in [3.63, 3.8) is 0 Å². The fourth-order valence-corrected chi connectivity index (χ4v) is 3.13. The SMILES string of the molecule is CC(C)c1ccc(CCCNC(=O)c2ccc(NS(C)(=O)=O)cc2)cc1. The molecule has 0 saturated heterocycles. The zero-order valence-corrected chi connectivity index (χ0v) is 16.3. The first kappa shape index (κ1) is 20.0. The maximum absolute atomic E-state index is 12.1. The summed E-state index contributed by atoms with van der Waals surface area (Å²) < 4.78 is 24.7. The van der Waals surface area contributed by atoms with E-state index >= 15 is 0 Å². The number of amides is 1. The molecule has 2 aromatic rings. The molecule has 0 aromatic heterocycles. The number of carbonyl (C=O) groups is 1. The van der Waals surface area contributed by atoms with Crippen LogP contribution in [0.3, 0.4) is 0 Å². The zero-order chi connectivity index (χ0) is 19.2. The number of hydrogen-bond acceptors (Lipinski definition) is 3. The third-order valence-corrected chi connectivity index (χ3v) is 4.63. The van der Waals surface area contributed by atoms with Gasteiger partial charge in [-0.15, -0.1) is 0 Å². The molecule has 0 atom stereocenters. The Morgan fingerprint density at radius 3 is 2.15 bits per heavy atom. The number of hydrogen-bond donors (Lipinski definition) is 2. The molecular weight excluding hydrogens is 348 g/mol. The smallest absolute Gasteiger partial charge is 0.251 e. The average Bonchev–Trinajstić information content (AvgIpc) is 2.58. The van der Waals surface area contributed by atoms with Gasteiger partial charge in [-0.1, -0.05) is 38.1 Å². The largest absolute Gasteiger partial charge is 0.352 e. The van der Waals surface area contributed by atoms with Gasteiger partial charge in [0.25, 0.3) is 5.91 Å². The minimum Gasteiger partial charge on any atom is -0.352 e. The van der Waals surface area contributed by atoms with Crippen molar-refractivity contribution in [2.24, 2.45) is 0 Å². The second-order valence-corrected chi connectivity index (χ2v) is 8.46. The number of anilines is 1. The number of nitrogens with one attached hydrogen (secondary N) is 2. The normalized spacial score (nSPS) is 11.4.